The van der Waals surface area contributed by atoms with Gasteiger partial charge < -0.3 is 15.1 Å². The van der Waals surface area contributed by atoms with E-state index in [1.165, 1.54) is 11.4 Å². The molecule has 0 bridgehead atoms. The first-order valence-electron chi connectivity index (χ1n) is 12.3. The fraction of sp³-hybridized carbons (Fsp3) is 0.276. The predicted molar refractivity (Wildman–Crippen MR) is 149 cm³/mol. The summed E-state index contributed by atoms with van der Waals surface area (Å²) in [6.07, 6.45) is 5.22. The Balaban J connectivity index is 1.15. The van der Waals surface area contributed by atoms with E-state index in [0.717, 1.165) is 67.1 Å². The third kappa shape index (κ3) is 5.90. The maximum Gasteiger partial charge on any atom is 0.0737 e. The number of para-hydroxylation sites is 1. The Morgan fingerprint density at radius 3 is 2.34 bits per heavy atom. The molecule has 1 fully saturated rings. The number of hydrogen-bond donors (Lipinski definition) is 1. The van der Waals surface area contributed by atoms with Crippen molar-refractivity contribution in [3.63, 3.8) is 0 Å². The maximum atomic E-state index is 6.16. The van der Waals surface area contributed by atoms with Gasteiger partial charge in [0.25, 0.3) is 0 Å². The number of hydrogen-bond acceptors (Lipinski definition) is 4. The Hall–Kier alpha value is -2.79. The SMILES string of the molecule is Clc1ccc(N(c2ccccc2)C2CCN(CCCNc3ccnc4cc(Cl)ccc34)CC2)cc1. The second kappa shape index (κ2) is 11.3. The second-order valence-corrected chi connectivity index (χ2v) is 9.93. The van der Waals surface area contributed by atoms with Gasteiger partial charge in [0.15, 0.2) is 0 Å². The van der Waals surface area contributed by atoms with Gasteiger partial charge >= 0.3 is 0 Å². The third-order valence-electron chi connectivity index (χ3n) is 6.73. The highest BCUT2D eigenvalue weighted by Crippen LogP contribution is 2.32. The largest absolute Gasteiger partial charge is 0.384 e. The second-order valence-electron chi connectivity index (χ2n) is 9.06. The van der Waals surface area contributed by atoms with E-state index in [0.29, 0.717) is 11.1 Å². The summed E-state index contributed by atoms with van der Waals surface area (Å²) in [5, 5.41) is 6.19. The standard InChI is InChI=1S/C29H30Cl2N4/c30-22-7-10-25(11-8-22)35(24-5-2-1-3-6-24)26-14-19-34(20-15-26)18-4-16-32-28-13-17-33-29-21-23(31)9-12-27(28)29/h1-3,5-13,17,21,26H,4,14-16,18-20H2,(H,32,33). The molecule has 0 unspecified atom stereocenters. The molecule has 1 aromatic heterocycles. The number of anilines is 3. The van der Waals surface area contributed by atoms with Crippen LogP contribution in [0.5, 0.6) is 0 Å². The molecule has 5 rings (SSSR count). The van der Waals surface area contributed by atoms with Crippen molar-refractivity contribution in [3.8, 4) is 0 Å². The summed E-state index contributed by atoms with van der Waals surface area (Å²) in [4.78, 5) is 9.50. The monoisotopic (exact) mass is 504 g/mol. The third-order valence-corrected chi connectivity index (χ3v) is 7.22. The van der Waals surface area contributed by atoms with Crippen LogP contribution in [0.2, 0.25) is 10.0 Å². The van der Waals surface area contributed by atoms with Gasteiger partial charge in [0, 0.05) is 64.4 Å². The van der Waals surface area contributed by atoms with Gasteiger partial charge in [-0.15, -0.1) is 0 Å². The summed E-state index contributed by atoms with van der Waals surface area (Å²) in [5.41, 5.74) is 4.48. The molecule has 3 aromatic carbocycles. The van der Waals surface area contributed by atoms with Crippen LogP contribution >= 0.6 is 23.2 Å². The molecular formula is C29H30Cl2N4. The van der Waals surface area contributed by atoms with Gasteiger partial charge in [-0.25, -0.2) is 0 Å². The fourth-order valence-electron chi connectivity index (χ4n) is 4.96. The summed E-state index contributed by atoms with van der Waals surface area (Å²) < 4.78 is 0. The zero-order valence-electron chi connectivity index (χ0n) is 19.7. The number of pyridine rings is 1. The zero-order chi connectivity index (χ0) is 24.0. The highest BCUT2D eigenvalue weighted by molar-refractivity contribution is 6.31. The molecule has 0 amide bonds. The quantitative estimate of drug-likeness (QED) is 0.249. The van der Waals surface area contributed by atoms with Crippen LogP contribution in [-0.4, -0.2) is 42.1 Å². The fourth-order valence-corrected chi connectivity index (χ4v) is 5.26. The molecule has 6 heteroatoms. The lowest BCUT2D eigenvalue weighted by Gasteiger charge is -2.40. The van der Waals surface area contributed by atoms with E-state index in [1.807, 2.05) is 42.6 Å². The molecule has 1 aliphatic heterocycles. The van der Waals surface area contributed by atoms with E-state index in [-0.39, 0.29) is 0 Å². The van der Waals surface area contributed by atoms with Gasteiger partial charge in [-0.05, 0) is 86.5 Å². The molecule has 1 aliphatic rings. The topological polar surface area (TPSA) is 31.4 Å². The van der Waals surface area contributed by atoms with E-state index in [1.54, 1.807) is 0 Å². The Morgan fingerprint density at radius 1 is 0.857 bits per heavy atom. The minimum atomic E-state index is 0.475. The molecule has 0 atom stereocenters. The van der Waals surface area contributed by atoms with Crippen molar-refractivity contribution in [2.24, 2.45) is 0 Å². The molecule has 0 aliphatic carbocycles. The van der Waals surface area contributed by atoms with Crippen LogP contribution in [0.25, 0.3) is 10.9 Å². The Labute approximate surface area is 217 Å². The summed E-state index contributed by atoms with van der Waals surface area (Å²) in [5.74, 6) is 0. The summed E-state index contributed by atoms with van der Waals surface area (Å²) >= 11 is 12.3. The normalized spacial score (nSPS) is 14.8. The van der Waals surface area contributed by atoms with Crippen LogP contribution in [0.1, 0.15) is 19.3 Å². The van der Waals surface area contributed by atoms with Crippen molar-refractivity contribution in [3.05, 3.63) is 95.1 Å². The summed E-state index contributed by atoms with van der Waals surface area (Å²) in [6, 6.07) is 27.3. The van der Waals surface area contributed by atoms with Crippen LogP contribution < -0.4 is 10.2 Å². The van der Waals surface area contributed by atoms with Gasteiger partial charge in [-0.3, -0.25) is 4.98 Å². The first-order chi connectivity index (χ1) is 17.2. The Morgan fingerprint density at radius 2 is 1.57 bits per heavy atom. The lowest BCUT2D eigenvalue weighted by molar-refractivity contribution is 0.212. The van der Waals surface area contributed by atoms with Crippen LogP contribution in [-0.2, 0) is 0 Å². The van der Waals surface area contributed by atoms with Gasteiger partial charge in [-0.1, -0.05) is 41.4 Å². The summed E-state index contributed by atoms with van der Waals surface area (Å²) in [6.45, 7) is 4.25. The molecule has 0 spiro atoms. The highest BCUT2D eigenvalue weighted by Gasteiger charge is 2.26. The number of nitrogens with zero attached hydrogens (tertiary/aromatic N) is 3. The van der Waals surface area contributed by atoms with Gasteiger partial charge in [0.1, 0.15) is 0 Å². The molecular weight excluding hydrogens is 475 g/mol. The number of likely N-dealkylation sites (tertiary alicyclic amines) is 1. The van der Waals surface area contributed by atoms with Gasteiger partial charge in [-0.2, -0.15) is 0 Å². The molecule has 180 valence electrons. The average Bonchev–Trinajstić information content (AvgIpc) is 2.89. The Bertz CT molecular complexity index is 1240. The number of halogens is 2. The molecule has 4 nitrogen and oxygen atoms in total. The number of aromatic nitrogens is 1. The highest BCUT2D eigenvalue weighted by atomic mass is 35.5. The molecule has 2 heterocycles. The van der Waals surface area contributed by atoms with Crippen molar-refractivity contribution in [1.82, 2.24) is 9.88 Å². The lowest BCUT2D eigenvalue weighted by atomic mass is 10.0. The van der Waals surface area contributed by atoms with Crippen LogP contribution in [0.4, 0.5) is 17.1 Å². The average molecular weight is 505 g/mol. The van der Waals surface area contributed by atoms with E-state index in [4.69, 9.17) is 23.2 Å². The van der Waals surface area contributed by atoms with Gasteiger partial charge in [0.05, 0.1) is 5.52 Å². The van der Waals surface area contributed by atoms with Crippen molar-refractivity contribution in [2.45, 2.75) is 25.3 Å². The first-order valence-corrected chi connectivity index (χ1v) is 13.0. The lowest BCUT2D eigenvalue weighted by Crippen LogP contribution is -2.43. The van der Waals surface area contributed by atoms with Gasteiger partial charge in [0.2, 0.25) is 0 Å². The van der Waals surface area contributed by atoms with Crippen molar-refractivity contribution < 1.29 is 0 Å². The van der Waals surface area contributed by atoms with Crippen molar-refractivity contribution in [2.75, 3.05) is 36.4 Å². The summed E-state index contributed by atoms with van der Waals surface area (Å²) in [7, 11) is 0. The maximum absolute atomic E-state index is 6.16. The van der Waals surface area contributed by atoms with E-state index < -0.39 is 0 Å². The number of nitrogens with one attached hydrogen (secondary N) is 1. The molecule has 35 heavy (non-hydrogen) atoms. The molecule has 0 radical (unpaired) electrons. The van der Waals surface area contributed by atoms with Crippen LogP contribution in [0.3, 0.4) is 0 Å². The number of rotatable bonds is 8. The van der Waals surface area contributed by atoms with Crippen LogP contribution in [0, 0.1) is 0 Å². The van der Waals surface area contributed by atoms with Crippen molar-refractivity contribution >= 4 is 51.2 Å². The van der Waals surface area contributed by atoms with E-state index in [9.17, 15) is 0 Å². The molecule has 4 aromatic rings. The molecule has 0 saturated carbocycles. The first kappa shape index (κ1) is 23.9. The van der Waals surface area contributed by atoms with E-state index in [2.05, 4.69) is 62.6 Å². The van der Waals surface area contributed by atoms with Crippen molar-refractivity contribution in [1.29, 1.82) is 0 Å². The number of piperidine rings is 1. The van der Waals surface area contributed by atoms with Crippen LogP contribution in [0.15, 0.2) is 85.1 Å². The number of benzene rings is 3. The molecule has 1 saturated heterocycles. The smallest absolute Gasteiger partial charge is 0.0737 e. The minimum absolute atomic E-state index is 0.475. The number of fused-ring (bicyclic) bond motifs is 1. The zero-order valence-corrected chi connectivity index (χ0v) is 21.2. The Kier molecular flexibility index (Phi) is 7.72. The molecule has 1 N–H and O–H groups in total. The van der Waals surface area contributed by atoms with E-state index >= 15 is 0 Å². The predicted octanol–water partition coefficient (Wildman–Crippen LogP) is 7.65. The minimum Gasteiger partial charge on any atom is -0.384 e.